The van der Waals surface area contributed by atoms with Gasteiger partial charge >= 0.3 is 5.97 Å². The van der Waals surface area contributed by atoms with E-state index in [4.69, 9.17) is 4.74 Å². The number of ether oxygens (including phenoxy) is 1. The standard InChI is InChI=1S/C15H15N3O4/c1-3-22-15(21)12-10-11(16-17-12)14(20)18(13(10)19)9-6-4-8(2)5-7-9/h4-7,10-11,16H,3H2,1-2H3/t10-,11+/m0/s1. The van der Waals surface area contributed by atoms with Crippen molar-refractivity contribution in [3.05, 3.63) is 29.8 Å². The molecule has 7 nitrogen and oxygen atoms in total. The summed E-state index contributed by atoms with van der Waals surface area (Å²) in [6.45, 7) is 3.76. The van der Waals surface area contributed by atoms with E-state index in [0.717, 1.165) is 10.5 Å². The average Bonchev–Trinajstić information content (AvgIpc) is 3.03. The number of benzene rings is 1. The van der Waals surface area contributed by atoms with E-state index in [1.54, 1.807) is 19.1 Å². The first-order chi connectivity index (χ1) is 10.5. The second-order valence-electron chi connectivity index (χ2n) is 5.15. The summed E-state index contributed by atoms with van der Waals surface area (Å²) >= 11 is 0. The van der Waals surface area contributed by atoms with Gasteiger partial charge in [0.25, 0.3) is 5.91 Å². The second-order valence-corrected chi connectivity index (χ2v) is 5.15. The number of nitrogens with zero attached hydrogens (tertiary/aromatic N) is 2. The third kappa shape index (κ3) is 2.05. The van der Waals surface area contributed by atoms with Gasteiger partial charge in [-0.1, -0.05) is 17.7 Å². The first-order valence-electron chi connectivity index (χ1n) is 6.99. The van der Waals surface area contributed by atoms with Crippen molar-refractivity contribution in [1.29, 1.82) is 0 Å². The zero-order chi connectivity index (χ0) is 15.9. The minimum atomic E-state index is -0.923. The highest BCUT2D eigenvalue weighted by Gasteiger charge is 2.55. The minimum Gasteiger partial charge on any atom is -0.461 e. The zero-order valence-electron chi connectivity index (χ0n) is 12.2. The SMILES string of the molecule is CCOC(=O)C1=NN[C@H]2C(=O)N(c3ccc(C)cc3)C(=O)[C@H]12. The van der Waals surface area contributed by atoms with Crippen LogP contribution in [-0.4, -0.2) is 36.1 Å². The lowest BCUT2D eigenvalue weighted by Gasteiger charge is -2.15. The predicted molar refractivity (Wildman–Crippen MR) is 78.2 cm³/mol. The number of anilines is 1. The Labute approximate surface area is 126 Å². The Morgan fingerprint density at radius 2 is 1.95 bits per heavy atom. The van der Waals surface area contributed by atoms with Crippen molar-refractivity contribution in [2.45, 2.75) is 19.9 Å². The summed E-state index contributed by atoms with van der Waals surface area (Å²) in [4.78, 5) is 38.0. The molecule has 3 rings (SSSR count). The summed E-state index contributed by atoms with van der Waals surface area (Å²) in [5, 5.41) is 3.81. The molecule has 7 heteroatoms. The normalized spacial score (nSPS) is 23.2. The minimum absolute atomic E-state index is 0.0418. The van der Waals surface area contributed by atoms with Gasteiger partial charge in [0.1, 0.15) is 12.0 Å². The van der Waals surface area contributed by atoms with Crippen LogP contribution in [0.3, 0.4) is 0 Å². The molecule has 0 saturated carbocycles. The number of hydrogen-bond donors (Lipinski definition) is 1. The third-order valence-corrected chi connectivity index (χ3v) is 3.70. The monoisotopic (exact) mass is 301 g/mol. The quantitative estimate of drug-likeness (QED) is 0.644. The Morgan fingerprint density at radius 1 is 1.27 bits per heavy atom. The van der Waals surface area contributed by atoms with Crippen LogP contribution in [0.5, 0.6) is 0 Å². The first kappa shape index (κ1) is 14.2. The van der Waals surface area contributed by atoms with Gasteiger partial charge in [-0.2, -0.15) is 5.10 Å². The highest BCUT2D eigenvalue weighted by Crippen LogP contribution is 2.30. The lowest BCUT2D eigenvalue weighted by molar-refractivity contribution is -0.136. The molecular formula is C15H15N3O4. The maximum atomic E-state index is 12.6. The van der Waals surface area contributed by atoms with Gasteiger partial charge < -0.3 is 4.74 Å². The van der Waals surface area contributed by atoms with Crippen LogP contribution < -0.4 is 10.3 Å². The molecule has 1 aromatic carbocycles. The molecule has 1 saturated heterocycles. The van der Waals surface area contributed by atoms with E-state index in [1.165, 1.54) is 0 Å². The van der Waals surface area contributed by atoms with Crippen molar-refractivity contribution in [3.8, 4) is 0 Å². The fourth-order valence-corrected chi connectivity index (χ4v) is 2.61. The number of aryl methyl sites for hydroxylation is 1. The molecule has 0 aliphatic carbocycles. The summed E-state index contributed by atoms with van der Waals surface area (Å²) in [5.41, 5.74) is 4.04. The van der Waals surface area contributed by atoms with Crippen molar-refractivity contribution >= 4 is 29.2 Å². The van der Waals surface area contributed by atoms with Gasteiger partial charge in [-0.15, -0.1) is 0 Å². The molecule has 0 aromatic heterocycles. The van der Waals surface area contributed by atoms with Gasteiger partial charge in [0.05, 0.1) is 12.3 Å². The number of hydrazone groups is 1. The number of fused-ring (bicyclic) bond motifs is 1. The van der Waals surface area contributed by atoms with E-state index in [-0.39, 0.29) is 12.3 Å². The molecule has 2 aliphatic rings. The van der Waals surface area contributed by atoms with Gasteiger partial charge in [-0.25, -0.2) is 9.69 Å². The van der Waals surface area contributed by atoms with Crippen LogP contribution in [0.1, 0.15) is 12.5 Å². The first-order valence-corrected chi connectivity index (χ1v) is 6.99. The summed E-state index contributed by atoms with van der Waals surface area (Å²) in [6.07, 6.45) is 0. The van der Waals surface area contributed by atoms with Crippen LogP contribution in [0.4, 0.5) is 5.69 Å². The Morgan fingerprint density at radius 3 is 2.59 bits per heavy atom. The van der Waals surface area contributed by atoms with Crippen LogP contribution in [0, 0.1) is 12.8 Å². The van der Waals surface area contributed by atoms with E-state index >= 15 is 0 Å². The van der Waals surface area contributed by atoms with Crippen LogP contribution in [0.15, 0.2) is 29.4 Å². The number of nitrogens with one attached hydrogen (secondary N) is 1. The number of carbonyl (C=O) groups excluding carboxylic acids is 3. The molecule has 2 heterocycles. The highest BCUT2D eigenvalue weighted by molar-refractivity contribution is 6.46. The Balaban J connectivity index is 1.91. The maximum absolute atomic E-state index is 12.6. The van der Waals surface area contributed by atoms with Gasteiger partial charge in [-0.05, 0) is 26.0 Å². The Kier molecular flexibility index (Phi) is 3.40. The number of imide groups is 1. The van der Waals surface area contributed by atoms with E-state index in [9.17, 15) is 14.4 Å². The molecular weight excluding hydrogens is 286 g/mol. The molecule has 2 atom stereocenters. The van der Waals surface area contributed by atoms with Gasteiger partial charge in [0.2, 0.25) is 5.91 Å². The summed E-state index contributed by atoms with van der Waals surface area (Å²) in [6, 6.07) is 6.20. The molecule has 0 bridgehead atoms. The van der Waals surface area contributed by atoms with Crippen molar-refractivity contribution in [2.75, 3.05) is 11.5 Å². The summed E-state index contributed by atoms with van der Waals surface area (Å²) in [5.74, 6) is -2.47. The van der Waals surface area contributed by atoms with E-state index in [1.807, 2.05) is 19.1 Å². The number of carbonyl (C=O) groups is 3. The number of amides is 2. The molecule has 22 heavy (non-hydrogen) atoms. The van der Waals surface area contributed by atoms with Crippen molar-refractivity contribution in [1.82, 2.24) is 5.43 Å². The summed E-state index contributed by atoms with van der Waals surface area (Å²) < 4.78 is 4.88. The highest BCUT2D eigenvalue weighted by atomic mass is 16.5. The summed E-state index contributed by atoms with van der Waals surface area (Å²) in [7, 11) is 0. The molecule has 1 aromatic rings. The molecule has 2 aliphatic heterocycles. The Bertz CT molecular complexity index is 681. The molecule has 0 unspecified atom stereocenters. The fourth-order valence-electron chi connectivity index (χ4n) is 2.61. The molecule has 1 N–H and O–H groups in total. The van der Waals surface area contributed by atoms with Gasteiger partial charge in [-0.3, -0.25) is 15.0 Å². The van der Waals surface area contributed by atoms with Crippen LogP contribution in [0.25, 0.3) is 0 Å². The topological polar surface area (TPSA) is 88.1 Å². The van der Waals surface area contributed by atoms with Crippen molar-refractivity contribution in [2.24, 2.45) is 11.0 Å². The lowest BCUT2D eigenvalue weighted by Crippen LogP contribution is -2.36. The van der Waals surface area contributed by atoms with Crippen LogP contribution in [-0.2, 0) is 19.1 Å². The molecule has 1 fully saturated rings. The molecule has 2 amide bonds. The molecule has 0 spiro atoms. The number of hydrogen-bond acceptors (Lipinski definition) is 6. The second kappa shape index (κ2) is 5.25. The van der Waals surface area contributed by atoms with Crippen LogP contribution >= 0.6 is 0 Å². The fraction of sp³-hybridized carbons (Fsp3) is 0.333. The Hall–Kier alpha value is -2.70. The van der Waals surface area contributed by atoms with Crippen molar-refractivity contribution in [3.63, 3.8) is 0 Å². The van der Waals surface area contributed by atoms with Crippen molar-refractivity contribution < 1.29 is 19.1 Å². The van der Waals surface area contributed by atoms with E-state index in [2.05, 4.69) is 10.5 Å². The number of esters is 1. The predicted octanol–water partition coefficient (Wildman–Crippen LogP) is 0.375. The lowest BCUT2D eigenvalue weighted by atomic mass is 9.99. The maximum Gasteiger partial charge on any atom is 0.355 e. The average molecular weight is 301 g/mol. The van der Waals surface area contributed by atoms with Crippen LogP contribution in [0.2, 0.25) is 0 Å². The molecule has 114 valence electrons. The van der Waals surface area contributed by atoms with E-state index in [0.29, 0.717) is 5.69 Å². The van der Waals surface area contributed by atoms with Gasteiger partial charge in [0, 0.05) is 0 Å². The largest absolute Gasteiger partial charge is 0.461 e. The zero-order valence-corrected chi connectivity index (χ0v) is 12.2. The number of rotatable bonds is 3. The third-order valence-electron chi connectivity index (χ3n) is 3.70. The van der Waals surface area contributed by atoms with E-state index < -0.39 is 29.7 Å². The smallest absolute Gasteiger partial charge is 0.355 e. The van der Waals surface area contributed by atoms with Gasteiger partial charge in [0.15, 0.2) is 5.71 Å². The molecule has 0 radical (unpaired) electrons.